The van der Waals surface area contributed by atoms with Crippen molar-refractivity contribution in [1.82, 2.24) is 4.90 Å². The zero-order valence-corrected chi connectivity index (χ0v) is 22.2. The number of ether oxygens (including phenoxy) is 2. The Bertz CT molecular complexity index is 908. The average Bonchev–Trinajstić information content (AvgIpc) is 2.85. The molecule has 2 N–H and O–H groups in total. The zero-order chi connectivity index (χ0) is 26.3. The molecule has 0 aliphatic heterocycles. The number of anilines is 1. The molecule has 0 bridgehead atoms. The van der Waals surface area contributed by atoms with E-state index in [1.807, 2.05) is 60.4 Å². The first-order chi connectivity index (χ1) is 17.4. The van der Waals surface area contributed by atoms with Gasteiger partial charge in [0.2, 0.25) is 0 Å². The molecular formula is C29H42N2O5. The number of amides is 2. The molecule has 0 fully saturated rings. The smallest absolute Gasteiger partial charge is 0.333 e. The summed E-state index contributed by atoms with van der Waals surface area (Å²) >= 11 is 0. The van der Waals surface area contributed by atoms with E-state index in [-0.39, 0.29) is 6.03 Å². The molecule has 36 heavy (non-hydrogen) atoms. The van der Waals surface area contributed by atoms with Gasteiger partial charge in [-0.1, -0.05) is 56.5 Å². The van der Waals surface area contributed by atoms with Gasteiger partial charge >= 0.3 is 12.0 Å². The molecular weight excluding hydrogens is 456 g/mol. The van der Waals surface area contributed by atoms with Crippen molar-refractivity contribution >= 4 is 17.7 Å². The van der Waals surface area contributed by atoms with E-state index in [2.05, 4.69) is 19.2 Å². The number of aliphatic carboxylic acids is 1. The fraction of sp³-hybridized carbons (Fsp3) is 0.517. The maximum atomic E-state index is 13.1. The topological polar surface area (TPSA) is 88.1 Å². The summed E-state index contributed by atoms with van der Waals surface area (Å²) in [6, 6.07) is 15.0. The highest BCUT2D eigenvalue weighted by Gasteiger charge is 2.20. The number of hydrogen-bond acceptors (Lipinski definition) is 4. The van der Waals surface area contributed by atoms with Crippen molar-refractivity contribution in [3.05, 3.63) is 59.7 Å². The van der Waals surface area contributed by atoms with Gasteiger partial charge in [0.05, 0.1) is 6.54 Å². The van der Waals surface area contributed by atoms with E-state index < -0.39 is 12.1 Å². The van der Waals surface area contributed by atoms with Crippen molar-refractivity contribution in [2.24, 2.45) is 5.92 Å². The first-order valence-corrected chi connectivity index (χ1v) is 13.0. The van der Waals surface area contributed by atoms with Crippen LogP contribution < -0.4 is 10.1 Å². The van der Waals surface area contributed by atoms with Gasteiger partial charge in [-0.25, -0.2) is 9.59 Å². The van der Waals surface area contributed by atoms with Gasteiger partial charge in [-0.15, -0.1) is 0 Å². The molecule has 7 nitrogen and oxygen atoms in total. The molecule has 2 aromatic carbocycles. The summed E-state index contributed by atoms with van der Waals surface area (Å²) in [5.41, 5.74) is 2.79. The van der Waals surface area contributed by atoms with Crippen molar-refractivity contribution in [3.8, 4) is 5.75 Å². The van der Waals surface area contributed by atoms with Crippen LogP contribution in [0.25, 0.3) is 0 Å². The molecule has 0 radical (unpaired) electrons. The van der Waals surface area contributed by atoms with Gasteiger partial charge < -0.3 is 24.8 Å². The van der Waals surface area contributed by atoms with Crippen LogP contribution >= 0.6 is 0 Å². The van der Waals surface area contributed by atoms with Crippen LogP contribution in [0.5, 0.6) is 5.75 Å². The van der Waals surface area contributed by atoms with Crippen molar-refractivity contribution < 1.29 is 24.2 Å². The Hall–Kier alpha value is -3.06. The fourth-order valence-corrected chi connectivity index (χ4v) is 4.20. The molecule has 0 aliphatic rings. The number of nitrogens with one attached hydrogen (secondary N) is 1. The van der Waals surface area contributed by atoms with E-state index >= 15 is 0 Å². The molecule has 0 aliphatic carbocycles. The molecule has 0 saturated heterocycles. The van der Waals surface area contributed by atoms with E-state index in [4.69, 9.17) is 9.47 Å². The maximum Gasteiger partial charge on any atom is 0.333 e. The second-order valence-corrected chi connectivity index (χ2v) is 9.16. The lowest BCUT2D eigenvalue weighted by Gasteiger charge is -2.28. The fourth-order valence-electron chi connectivity index (χ4n) is 4.20. The van der Waals surface area contributed by atoms with Crippen LogP contribution in [0.15, 0.2) is 48.5 Å². The molecule has 0 saturated carbocycles. The van der Waals surface area contributed by atoms with E-state index in [0.717, 1.165) is 42.5 Å². The largest absolute Gasteiger partial charge is 0.492 e. The van der Waals surface area contributed by atoms with Gasteiger partial charge in [-0.2, -0.15) is 0 Å². The Morgan fingerprint density at radius 1 is 0.972 bits per heavy atom. The quantitative estimate of drug-likeness (QED) is 0.289. The predicted molar refractivity (Wildman–Crippen MR) is 144 cm³/mol. The lowest BCUT2D eigenvalue weighted by molar-refractivity contribution is -0.149. The third-order valence-corrected chi connectivity index (χ3v) is 6.08. The zero-order valence-electron chi connectivity index (χ0n) is 22.2. The summed E-state index contributed by atoms with van der Waals surface area (Å²) < 4.78 is 11.2. The van der Waals surface area contributed by atoms with Gasteiger partial charge in [0, 0.05) is 25.3 Å². The number of carbonyl (C=O) groups excluding carboxylic acids is 1. The van der Waals surface area contributed by atoms with Crippen LogP contribution in [0.2, 0.25) is 0 Å². The Morgan fingerprint density at radius 3 is 2.17 bits per heavy atom. The van der Waals surface area contributed by atoms with Crippen molar-refractivity contribution in [1.29, 1.82) is 0 Å². The standard InChI is InChI=1S/C29H42N2O5/c1-5-8-24(9-6-2)21-31(29(34)30-25-14-10-22(4)11-15-25)18-19-36-26-16-12-23(13-17-26)20-27(28(32)33)35-7-3/h10-17,24,27H,5-9,18-21H2,1-4H3,(H,30,34)(H,32,33). The van der Waals surface area contributed by atoms with Crippen molar-refractivity contribution in [2.45, 2.75) is 65.9 Å². The van der Waals surface area contributed by atoms with Gasteiger partial charge in [-0.05, 0) is 62.4 Å². The molecule has 198 valence electrons. The Morgan fingerprint density at radius 2 is 1.61 bits per heavy atom. The number of carboxylic acid groups (broad SMARTS) is 1. The highest BCUT2D eigenvalue weighted by molar-refractivity contribution is 5.89. The summed E-state index contributed by atoms with van der Waals surface area (Å²) in [7, 11) is 0. The minimum atomic E-state index is -0.967. The van der Waals surface area contributed by atoms with Crippen LogP contribution in [-0.4, -0.2) is 54.4 Å². The highest BCUT2D eigenvalue weighted by atomic mass is 16.5. The lowest BCUT2D eigenvalue weighted by atomic mass is 9.98. The van der Waals surface area contributed by atoms with Gasteiger partial charge in [0.1, 0.15) is 12.4 Å². The lowest BCUT2D eigenvalue weighted by Crippen LogP contribution is -2.41. The van der Waals surface area contributed by atoms with Crippen LogP contribution in [0, 0.1) is 12.8 Å². The van der Waals surface area contributed by atoms with Gasteiger partial charge in [-0.3, -0.25) is 0 Å². The van der Waals surface area contributed by atoms with Crippen LogP contribution in [0.4, 0.5) is 10.5 Å². The summed E-state index contributed by atoms with van der Waals surface area (Å²) in [4.78, 5) is 26.3. The van der Waals surface area contributed by atoms with E-state index in [1.165, 1.54) is 0 Å². The monoisotopic (exact) mass is 498 g/mol. The van der Waals surface area contributed by atoms with Gasteiger partial charge in [0.15, 0.2) is 6.10 Å². The number of urea groups is 1. The molecule has 0 spiro atoms. The maximum absolute atomic E-state index is 13.1. The summed E-state index contributed by atoms with van der Waals surface area (Å²) in [6.07, 6.45) is 3.79. The van der Waals surface area contributed by atoms with Crippen LogP contribution in [0.3, 0.4) is 0 Å². The van der Waals surface area contributed by atoms with E-state index in [9.17, 15) is 14.7 Å². The second-order valence-electron chi connectivity index (χ2n) is 9.16. The van der Waals surface area contributed by atoms with E-state index in [1.54, 1.807) is 6.92 Å². The third kappa shape index (κ3) is 10.3. The molecule has 0 aromatic heterocycles. The SMILES string of the molecule is CCCC(CCC)CN(CCOc1ccc(CC(OCC)C(=O)O)cc1)C(=O)Nc1ccc(C)cc1. The number of carbonyl (C=O) groups is 2. The Balaban J connectivity index is 1.99. The van der Waals surface area contributed by atoms with Crippen molar-refractivity contribution in [2.75, 3.05) is 31.6 Å². The summed E-state index contributed by atoms with van der Waals surface area (Å²) in [5, 5.41) is 12.3. The van der Waals surface area contributed by atoms with Crippen molar-refractivity contribution in [3.63, 3.8) is 0 Å². The Labute approximate surface area is 215 Å². The van der Waals surface area contributed by atoms with Gasteiger partial charge in [0.25, 0.3) is 0 Å². The minimum absolute atomic E-state index is 0.120. The first kappa shape index (κ1) is 29.2. The number of benzene rings is 2. The van der Waals surface area contributed by atoms with Crippen LogP contribution in [0.1, 0.15) is 57.6 Å². The Kier molecular flexibility index (Phi) is 12.8. The molecule has 1 unspecified atom stereocenters. The van der Waals surface area contributed by atoms with E-state index in [0.29, 0.717) is 44.4 Å². The average molecular weight is 499 g/mol. The number of nitrogens with zero attached hydrogens (tertiary/aromatic N) is 1. The summed E-state index contributed by atoms with van der Waals surface area (Å²) in [6.45, 7) is 10.0. The molecule has 0 heterocycles. The normalized spacial score (nSPS) is 11.8. The first-order valence-electron chi connectivity index (χ1n) is 13.0. The third-order valence-electron chi connectivity index (χ3n) is 6.08. The number of rotatable bonds is 16. The summed E-state index contributed by atoms with van der Waals surface area (Å²) in [5.74, 6) is 0.167. The second kappa shape index (κ2) is 15.8. The molecule has 1 atom stereocenters. The minimum Gasteiger partial charge on any atom is -0.492 e. The number of carboxylic acids is 1. The predicted octanol–water partition coefficient (Wildman–Crippen LogP) is 6.16. The molecule has 2 rings (SSSR count). The number of aryl methyl sites for hydroxylation is 1. The molecule has 2 amide bonds. The van der Waals surface area contributed by atoms with Crippen LogP contribution in [-0.2, 0) is 16.0 Å². The molecule has 7 heteroatoms. The number of hydrogen-bond donors (Lipinski definition) is 2. The highest BCUT2D eigenvalue weighted by Crippen LogP contribution is 2.18. The molecule has 2 aromatic rings.